The molecule has 2 aromatic carbocycles. The Kier molecular flexibility index (Phi) is 7.01. The van der Waals surface area contributed by atoms with Crippen molar-refractivity contribution in [3.05, 3.63) is 104 Å². The number of rotatable bonds is 5. The Morgan fingerprint density at radius 2 is 1.19 bits per heavy atom. The minimum atomic E-state index is -0.544. The lowest BCUT2D eigenvalue weighted by Crippen LogP contribution is -2.28. The van der Waals surface area contributed by atoms with Crippen molar-refractivity contribution in [3.8, 4) is 35.8 Å². The van der Waals surface area contributed by atoms with Crippen LogP contribution in [0.25, 0.3) is 11.1 Å². The number of allylic oxidation sites excluding steroid dienone is 8. The summed E-state index contributed by atoms with van der Waals surface area (Å²) in [6, 6.07) is 13.9. The summed E-state index contributed by atoms with van der Waals surface area (Å²) in [4.78, 5) is 0. The third-order valence-corrected chi connectivity index (χ3v) is 8.43. The summed E-state index contributed by atoms with van der Waals surface area (Å²) in [7, 11) is 0. The number of terminal acetylenes is 2. The summed E-state index contributed by atoms with van der Waals surface area (Å²) in [5, 5.41) is 0. The second kappa shape index (κ2) is 9.77. The molecule has 0 amide bonds. The highest BCUT2D eigenvalue weighted by Gasteiger charge is 2.53. The van der Waals surface area contributed by atoms with Crippen LogP contribution in [0.4, 0.5) is 0 Å². The molecule has 37 heavy (non-hydrogen) atoms. The van der Waals surface area contributed by atoms with Crippen molar-refractivity contribution in [1.82, 2.24) is 0 Å². The van der Waals surface area contributed by atoms with Crippen molar-refractivity contribution < 1.29 is 0 Å². The van der Waals surface area contributed by atoms with Gasteiger partial charge in [-0.05, 0) is 77.5 Å². The minimum absolute atomic E-state index is 0.398. The molecule has 1 spiro atoms. The molecule has 2 aromatic rings. The van der Waals surface area contributed by atoms with E-state index in [1.165, 1.54) is 44.5 Å². The number of aryl methyl sites for hydroxylation is 1. The quantitative estimate of drug-likeness (QED) is 0.371. The zero-order chi connectivity index (χ0) is 27.2. The van der Waals surface area contributed by atoms with Crippen molar-refractivity contribution in [1.29, 1.82) is 0 Å². The minimum Gasteiger partial charge on any atom is -0.115 e. The van der Waals surface area contributed by atoms with Crippen LogP contribution < -0.4 is 0 Å². The molecule has 0 aliphatic heterocycles. The summed E-state index contributed by atoms with van der Waals surface area (Å²) in [5.74, 6) is 7.33. The van der Waals surface area contributed by atoms with Gasteiger partial charge in [0.2, 0.25) is 0 Å². The highest BCUT2D eigenvalue weighted by atomic mass is 14.5. The third-order valence-electron chi connectivity index (χ3n) is 8.43. The predicted octanol–water partition coefficient (Wildman–Crippen LogP) is 9.46. The van der Waals surface area contributed by atoms with E-state index in [0.717, 1.165) is 22.3 Å². The van der Waals surface area contributed by atoms with Gasteiger partial charge in [0.05, 0.1) is 5.41 Å². The Balaban J connectivity index is 2.30. The Hall–Kier alpha value is -3.48. The van der Waals surface area contributed by atoms with Crippen LogP contribution in [0.15, 0.2) is 82.0 Å². The van der Waals surface area contributed by atoms with Crippen LogP contribution >= 0.6 is 0 Å². The first-order valence-corrected chi connectivity index (χ1v) is 13.5. The predicted molar refractivity (Wildman–Crippen MR) is 160 cm³/mol. The molecule has 0 saturated heterocycles. The normalized spacial score (nSPS) is 16.7. The largest absolute Gasteiger partial charge is 0.115 e. The standard InChI is InChI=1S/C37H40/c1-12-29-30(13-2)35(20-27(11)23(5)6)37(34(29)19-26(10)22(3)4)33-18-25(9)14-16-31(33)32-17-15-28(24(7)8)21-36(32)37/h1-2,14-24H,3-11H3/b26-19+,27-20+. The monoisotopic (exact) mass is 484 g/mol. The first-order chi connectivity index (χ1) is 17.5. The molecular formula is C37H40. The van der Waals surface area contributed by atoms with Crippen molar-refractivity contribution >= 4 is 0 Å². The van der Waals surface area contributed by atoms with Crippen molar-refractivity contribution in [2.75, 3.05) is 0 Å². The maximum Gasteiger partial charge on any atom is 0.0738 e. The topological polar surface area (TPSA) is 0 Å². The van der Waals surface area contributed by atoms with E-state index < -0.39 is 5.41 Å². The molecule has 0 atom stereocenters. The number of fused-ring (bicyclic) bond motifs is 5. The van der Waals surface area contributed by atoms with Crippen molar-refractivity contribution in [3.63, 3.8) is 0 Å². The van der Waals surface area contributed by atoms with Gasteiger partial charge in [0.25, 0.3) is 0 Å². The first-order valence-electron chi connectivity index (χ1n) is 13.5. The molecule has 0 N–H and O–H groups in total. The number of benzene rings is 2. The second-order valence-corrected chi connectivity index (χ2v) is 11.7. The zero-order valence-corrected chi connectivity index (χ0v) is 24.0. The van der Waals surface area contributed by atoms with Crippen LogP contribution in [0.3, 0.4) is 0 Å². The van der Waals surface area contributed by atoms with Crippen molar-refractivity contribution in [2.45, 2.75) is 73.6 Å². The van der Waals surface area contributed by atoms with Crippen LogP contribution in [0.5, 0.6) is 0 Å². The van der Waals surface area contributed by atoms with E-state index in [2.05, 4.69) is 123 Å². The van der Waals surface area contributed by atoms with Crippen molar-refractivity contribution in [2.24, 2.45) is 11.8 Å². The Labute approximate surface area is 225 Å². The zero-order valence-electron chi connectivity index (χ0n) is 24.0. The molecule has 0 aromatic heterocycles. The lowest BCUT2D eigenvalue weighted by atomic mass is 9.67. The SMILES string of the molecule is C#CC1=C(/C=C(\C)C(C)C)C2(C(/C=C(\C)C(C)C)=C1C#C)c1cc(C)ccc1-c1ccc(C(C)C)cc12. The number of hydrogen-bond acceptors (Lipinski definition) is 0. The molecule has 2 aliphatic carbocycles. The van der Waals surface area contributed by atoms with Crippen LogP contribution in [0.2, 0.25) is 0 Å². The molecule has 0 unspecified atom stereocenters. The van der Waals surface area contributed by atoms with Gasteiger partial charge in [0, 0.05) is 11.1 Å². The average molecular weight is 485 g/mol. The van der Waals surface area contributed by atoms with Crippen LogP contribution in [-0.2, 0) is 5.41 Å². The average Bonchev–Trinajstić information content (AvgIpc) is 3.28. The maximum absolute atomic E-state index is 6.31. The van der Waals surface area contributed by atoms with Gasteiger partial charge in [-0.3, -0.25) is 0 Å². The van der Waals surface area contributed by atoms with E-state index in [-0.39, 0.29) is 0 Å². The first kappa shape index (κ1) is 26.6. The summed E-state index contributed by atoms with van der Waals surface area (Å²) >= 11 is 0. The maximum atomic E-state index is 6.31. The van der Waals surface area contributed by atoms with Crippen LogP contribution in [0, 0.1) is 43.4 Å². The molecule has 0 radical (unpaired) electrons. The molecular weight excluding hydrogens is 444 g/mol. The smallest absolute Gasteiger partial charge is 0.0738 e. The van der Waals surface area contributed by atoms with Gasteiger partial charge < -0.3 is 0 Å². The molecule has 0 nitrogen and oxygen atoms in total. The molecule has 0 saturated carbocycles. The fraction of sp³-hybridized carbons (Fsp3) is 0.351. The second-order valence-electron chi connectivity index (χ2n) is 11.7. The lowest BCUT2D eigenvalue weighted by molar-refractivity contribution is 0.732. The van der Waals surface area contributed by atoms with E-state index in [1.807, 2.05) is 0 Å². The van der Waals surface area contributed by atoms with Gasteiger partial charge in [-0.2, -0.15) is 0 Å². The highest BCUT2D eigenvalue weighted by molar-refractivity contribution is 5.92. The van der Waals surface area contributed by atoms with E-state index in [9.17, 15) is 0 Å². The molecule has 2 aliphatic rings. The molecule has 0 bridgehead atoms. The molecule has 0 heteroatoms. The van der Waals surface area contributed by atoms with Gasteiger partial charge >= 0.3 is 0 Å². The highest BCUT2D eigenvalue weighted by Crippen LogP contribution is 2.62. The third kappa shape index (κ3) is 4.05. The van der Waals surface area contributed by atoms with Crippen LogP contribution in [-0.4, -0.2) is 0 Å². The summed E-state index contributed by atoms with van der Waals surface area (Å²) in [6.07, 6.45) is 17.3. The van der Waals surface area contributed by atoms with E-state index in [4.69, 9.17) is 12.8 Å². The van der Waals surface area contributed by atoms with E-state index in [1.54, 1.807) is 0 Å². The Morgan fingerprint density at radius 1 is 0.730 bits per heavy atom. The lowest BCUT2D eigenvalue weighted by Gasteiger charge is -2.34. The fourth-order valence-electron chi connectivity index (χ4n) is 5.63. The summed E-state index contributed by atoms with van der Waals surface area (Å²) in [6.45, 7) is 20.1. The van der Waals surface area contributed by atoms with Gasteiger partial charge in [-0.25, -0.2) is 0 Å². The summed E-state index contributed by atoms with van der Waals surface area (Å²) in [5.41, 5.74) is 13.7. The molecule has 4 rings (SSSR count). The van der Waals surface area contributed by atoms with Gasteiger partial charge in [0.1, 0.15) is 0 Å². The van der Waals surface area contributed by atoms with E-state index in [0.29, 0.717) is 17.8 Å². The molecule has 0 heterocycles. The Bertz CT molecular complexity index is 1420. The summed E-state index contributed by atoms with van der Waals surface area (Å²) < 4.78 is 0. The molecule has 0 fully saturated rings. The number of hydrogen-bond donors (Lipinski definition) is 0. The van der Waals surface area contributed by atoms with Gasteiger partial charge in [0.15, 0.2) is 0 Å². The van der Waals surface area contributed by atoms with E-state index >= 15 is 0 Å². The van der Waals surface area contributed by atoms with Gasteiger partial charge in [-0.15, -0.1) is 12.8 Å². The fourth-order valence-corrected chi connectivity index (χ4v) is 5.63. The Morgan fingerprint density at radius 3 is 1.62 bits per heavy atom. The molecule has 188 valence electrons. The van der Waals surface area contributed by atoms with Crippen LogP contribution in [0.1, 0.15) is 83.6 Å². The van der Waals surface area contributed by atoms with Gasteiger partial charge in [-0.1, -0.05) is 119 Å².